The Balaban J connectivity index is 1.47. The highest BCUT2D eigenvalue weighted by atomic mass is 19.4. The minimum Gasteiger partial charge on any atom is -0.343 e. The van der Waals surface area contributed by atoms with Crippen molar-refractivity contribution >= 4 is 17.0 Å². The fourth-order valence-corrected chi connectivity index (χ4v) is 4.07. The van der Waals surface area contributed by atoms with Crippen LogP contribution in [0.4, 0.5) is 13.2 Å². The molecule has 0 spiro atoms. The van der Waals surface area contributed by atoms with Crippen molar-refractivity contribution in [1.29, 1.82) is 0 Å². The third-order valence-corrected chi connectivity index (χ3v) is 5.80. The minimum absolute atomic E-state index is 0.0468. The van der Waals surface area contributed by atoms with Crippen LogP contribution in [0, 0.1) is 0 Å². The van der Waals surface area contributed by atoms with Crippen molar-refractivity contribution < 1.29 is 22.5 Å². The van der Waals surface area contributed by atoms with Gasteiger partial charge >= 0.3 is 6.18 Å². The number of carbonyl (C=O) groups excluding carboxylic acids is 1. The maximum absolute atomic E-state index is 13.7. The summed E-state index contributed by atoms with van der Waals surface area (Å²) >= 11 is 0. The summed E-state index contributed by atoms with van der Waals surface area (Å²) in [7, 11) is 0. The van der Waals surface area contributed by atoms with Crippen LogP contribution in [-0.4, -0.2) is 39.0 Å². The summed E-state index contributed by atoms with van der Waals surface area (Å²) in [5.41, 5.74) is 0.837. The number of aromatic nitrogens is 3. The van der Waals surface area contributed by atoms with Crippen LogP contribution in [0.1, 0.15) is 54.6 Å². The Bertz CT molecular complexity index is 1060. The molecule has 4 heterocycles. The minimum atomic E-state index is -4.52. The molecule has 1 amide bonds. The van der Waals surface area contributed by atoms with Crippen LogP contribution in [-0.2, 0) is 23.8 Å². The van der Waals surface area contributed by atoms with Crippen LogP contribution >= 0.6 is 0 Å². The number of pyridine rings is 2. The Morgan fingerprint density at radius 2 is 1.94 bits per heavy atom. The zero-order valence-corrected chi connectivity index (χ0v) is 17.2. The first-order chi connectivity index (χ1) is 14.9. The van der Waals surface area contributed by atoms with E-state index in [0.717, 1.165) is 11.6 Å². The number of aryl methyl sites for hydroxylation is 2. The summed E-state index contributed by atoms with van der Waals surface area (Å²) in [5.74, 6) is -0.161. The van der Waals surface area contributed by atoms with Gasteiger partial charge < -0.3 is 9.42 Å². The van der Waals surface area contributed by atoms with Crippen molar-refractivity contribution in [2.24, 2.45) is 0 Å². The Morgan fingerprint density at radius 3 is 2.58 bits per heavy atom. The molecule has 3 aromatic heterocycles. The summed E-state index contributed by atoms with van der Waals surface area (Å²) in [6, 6.07) is 4.84. The lowest BCUT2D eigenvalue weighted by Gasteiger charge is -2.31. The molecule has 1 aliphatic heterocycles. The Kier molecular flexibility index (Phi) is 5.93. The Hall–Kier alpha value is -2.97. The molecule has 1 saturated heterocycles. The Labute approximate surface area is 177 Å². The van der Waals surface area contributed by atoms with E-state index in [1.54, 1.807) is 24.2 Å². The zero-order valence-electron chi connectivity index (χ0n) is 17.2. The number of hydrogen-bond acceptors (Lipinski definition) is 5. The fourth-order valence-electron chi connectivity index (χ4n) is 4.07. The lowest BCUT2D eigenvalue weighted by atomic mass is 9.90. The van der Waals surface area contributed by atoms with Gasteiger partial charge in [0.05, 0.1) is 16.6 Å². The van der Waals surface area contributed by atoms with Crippen LogP contribution in [0.25, 0.3) is 11.1 Å². The van der Waals surface area contributed by atoms with Gasteiger partial charge in [-0.15, -0.1) is 0 Å². The van der Waals surface area contributed by atoms with Gasteiger partial charge in [-0.1, -0.05) is 12.1 Å². The van der Waals surface area contributed by atoms with Crippen LogP contribution < -0.4 is 0 Å². The van der Waals surface area contributed by atoms with Crippen LogP contribution in [0.2, 0.25) is 0 Å². The molecule has 0 bridgehead atoms. The molecule has 0 aromatic carbocycles. The number of carbonyl (C=O) groups is 1. The molecule has 0 radical (unpaired) electrons. The second-order valence-corrected chi connectivity index (χ2v) is 7.77. The van der Waals surface area contributed by atoms with E-state index in [1.807, 2.05) is 12.1 Å². The van der Waals surface area contributed by atoms with Crippen LogP contribution in [0.5, 0.6) is 0 Å². The first kappa shape index (κ1) is 21.3. The number of alkyl halides is 3. The van der Waals surface area contributed by atoms with E-state index in [2.05, 4.69) is 15.1 Å². The first-order valence-electron chi connectivity index (χ1n) is 10.4. The van der Waals surface area contributed by atoms with Gasteiger partial charge in [-0.2, -0.15) is 13.2 Å². The van der Waals surface area contributed by atoms with Crippen molar-refractivity contribution in [2.75, 3.05) is 13.1 Å². The molecule has 1 fully saturated rings. The molecule has 0 N–H and O–H groups in total. The van der Waals surface area contributed by atoms with Gasteiger partial charge in [0.25, 0.3) is 5.71 Å². The zero-order chi connectivity index (χ0) is 22.0. The topological polar surface area (TPSA) is 72.1 Å². The molecule has 9 heteroatoms. The molecular weight excluding hydrogens is 409 g/mol. The maximum atomic E-state index is 13.7. The lowest BCUT2D eigenvalue weighted by molar-refractivity contribution is -0.136. The van der Waals surface area contributed by atoms with E-state index in [1.165, 1.54) is 0 Å². The van der Waals surface area contributed by atoms with Crippen molar-refractivity contribution in [3.8, 4) is 0 Å². The maximum Gasteiger partial charge on any atom is 0.417 e. The molecule has 0 aliphatic carbocycles. The van der Waals surface area contributed by atoms with Gasteiger partial charge in [0.2, 0.25) is 5.91 Å². The first-order valence-corrected chi connectivity index (χ1v) is 10.4. The van der Waals surface area contributed by atoms with E-state index in [-0.39, 0.29) is 22.9 Å². The van der Waals surface area contributed by atoms with Crippen LogP contribution in [0.3, 0.4) is 0 Å². The number of nitrogens with zero attached hydrogens (tertiary/aromatic N) is 4. The third-order valence-electron chi connectivity index (χ3n) is 5.80. The number of likely N-dealkylation sites (tertiary alicyclic amines) is 1. The third kappa shape index (κ3) is 4.55. The highest BCUT2D eigenvalue weighted by Crippen LogP contribution is 2.40. The summed E-state index contributed by atoms with van der Waals surface area (Å²) in [6.07, 6.45) is 1.34. The molecule has 3 aromatic rings. The van der Waals surface area contributed by atoms with Crippen molar-refractivity contribution in [3.63, 3.8) is 0 Å². The van der Waals surface area contributed by atoms with Crippen molar-refractivity contribution in [2.45, 2.75) is 51.1 Å². The number of fused-ring (bicyclic) bond motifs is 1. The predicted molar refractivity (Wildman–Crippen MR) is 107 cm³/mol. The quantitative estimate of drug-likeness (QED) is 0.592. The van der Waals surface area contributed by atoms with E-state index in [4.69, 9.17) is 4.52 Å². The lowest BCUT2D eigenvalue weighted by Crippen LogP contribution is -2.38. The number of hydrogen-bond donors (Lipinski definition) is 0. The number of halogens is 3. The number of rotatable bonds is 5. The summed E-state index contributed by atoms with van der Waals surface area (Å²) in [5, 5.41) is 3.92. The molecule has 0 saturated carbocycles. The van der Waals surface area contributed by atoms with Crippen LogP contribution in [0.15, 0.2) is 35.1 Å². The van der Waals surface area contributed by atoms with E-state index >= 15 is 0 Å². The van der Waals surface area contributed by atoms with E-state index < -0.39 is 11.7 Å². The molecule has 31 heavy (non-hydrogen) atoms. The van der Waals surface area contributed by atoms with E-state index in [0.29, 0.717) is 56.6 Å². The largest absolute Gasteiger partial charge is 0.417 e. The fraction of sp³-hybridized carbons (Fsp3) is 0.455. The molecular formula is C22H23F3N4O2. The summed E-state index contributed by atoms with van der Waals surface area (Å²) < 4.78 is 46.3. The van der Waals surface area contributed by atoms with Gasteiger partial charge in [0.1, 0.15) is 0 Å². The SMILES string of the molecule is CCc1cc(C(F)(F)F)c2c(C3CCN(C(=O)CCc4ccncc4)CC3)noc2n1. The van der Waals surface area contributed by atoms with Gasteiger partial charge in [-0.25, -0.2) is 4.98 Å². The predicted octanol–water partition coefficient (Wildman–Crippen LogP) is 4.54. The molecule has 164 valence electrons. The summed E-state index contributed by atoms with van der Waals surface area (Å²) in [6.45, 7) is 2.71. The van der Waals surface area contributed by atoms with Gasteiger partial charge in [-0.3, -0.25) is 9.78 Å². The Morgan fingerprint density at radius 1 is 1.23 bits per heavy atom. The average molecular weight is 432 g/mol. The van der Waals surface area contributed by atoms with Gasteiger partial charge in [-0.05, 0) is 49.4 Å². The second kappa shape index (κ2) is 8.64. The summed E-state index contributed by atoms with van der Waals surface area (Å²) in [4.78, 5) is 22.5. The van der Waals surface area contributed by atoms with E-state index in [9.17, 15) is 18.0 Å². The highest BCUT2D eigenvalue weighted by molar-refractivity contribution is 5.82. The molecule has 0 unspecified atom stereocenters. The van der Waals surface area contributed by atoms with Crippen molar-refractivity contribution in [1.82, 2.24) is 20.0 Å². The second-order valence-electron chi connectivity index (χ2n) is 7.77. The van der Waals surface area contributed by atoms with Crippen molar-refractivity contribution in [3.05, 3.63) is 53.1 Å². The smallest absolute Gasteiger partial charge is 0.343 e. The standard InChI is InChI=1S/C22H23F3N4O2/c1-2-16-13-17(22(23,24)25)19-20(28-31-21(19)27-16)15-7-11-29(12-8-15)18(30)4-3-14-5-9-26-10-6-14/h5-6,9-10,13,15H,2-4,7-8,11-12H2,1H3. The monoisotopic (exact) mass is 432 g/mol. The average Bonchev–Trinajstić information content (AvgIpc) is 3.20. The van der Waals surface area contributed by atoms with Gasteiger partial charge in [0, 0.05) is 43.5 Å². The number of piperidine rings is 1. The highest BCUT2D eigenvalue weighted by Gasteiger charge is 2.38. The molecule has 1 aliphatic rings. The molecule has 4 rings (SSSR count). The molecule has 0 atom stereocenters. The normalized spacial score (nSPS) is 15.5. The number of amides is 1. The van der Waals surface area contributed by atoms with Gasteiger partial charge in [0.15, 0.2) is 0 Å². The molecule has 6 nitrogen and oxygen atoms in total.